The molecule has 0 spiro atoms. The van der Waals surface area contributed by atoms with E-state index in [1.54, 1.807) is 18.2 Å². The molecule has 1 atom stereocenters. The Hall–Kier alpha value is -1.71. The van der Waals surface area contributed by atoms with E-state index >= 15 is 0 Å². The molecule has 16 heavy (non-hydrogen) atoms. The number of methoxy groups -OCH3 is 1. The van der Waals surface area contributed by atoms with Crippen LogP contribution in [0.25, 0.3) is 0 Å². The highest BCUT2D eigenvalue weighted by atomic mass is 16.5. The summed E-state index contributed by atoms with van der Waals surface area (Å²) in [6, 6.07) is 4.91. The maximum atomic E-state index is 11.0. The highest BCUT2D eigenvalue weighted by molar-refractivity contribution is 5.93. The van der Waals surface area contributed by atoms with Gasteiger partial charge in [0.25, 0.3) is 0 Å². The van der Waals surface area contributed by atoms with Crippen molar-refractivity contribution in [3.05, 3.63) is 23.8 Å². The number of carbonyl (C=O) groups is 1. The zero-order valence-corrected chi connectivity index (χ0v) is 9.82. The molecule has 0 saturated carbocycles. The molecule has 88 valence electrons. The van der Waals surface area contributed by atoms with Crippen LogP contribution in [0.1, 0.15) is 30.6 Å². The second kappa shape index (κ2) is 5.39. The Labute approximate surface area is 95.3 Å². The van der Waals surface area contributed by atoms with Crippen LogP contribution in [0.15, 0.2) is 18.2 Å². The van der Waals surface area contributed by atoms with Crippen LogP contribution in [0.2, 0.25) is 0 Å². The largest absolute Gasteiger partial charge is 0.493 e. The fraction of sp³-hybridized carbons (Fsp3) is 0.417. The molecule has 0 aliphatic rings. The van der Waals surface area contributed by atoms with E-state index in [4.69, 9.17) is 15.2 Å². The third-order valence-corrected chi connectivity index (χ3v) is 2.35. The molecule has 4 nitrogen and oxygen atoms in total. The maximum absolute atomic E-state index is 11.0. The molecule has 1 aromatic carbocycles. The van der Waals surface area contributed by atoms with Crippen LogP contribution in [0.3, 0.4) is 0 Å². The molecule has 0 fully saturated rings. The number of carbonyl (C=O) groups excluding carboxylic acids is 1. The van der Waals surface area contributed by atoms with Gasteiger partial charge in [0, 0.05) is 5.56 Å². The van der Waals surface area contributed by atoms with Crippen LogP contribution in [-0.4, -0.2) is 19.1 Å². The van der Waals surface area contributed by atoms with Gasteiger partial charge in [-0.1, -0.05) is 6.92 Å². The Morgan fingerprint density at radius 1 is 1.44 bits per heavy atom. The molecular weight excluding hydrogens is 206 g/mol. The Kier molecular flexibility index (Phi) is 4.17. The van der Waals surface area contributed by atoms with Gasteiger partial charge in [0.05, 0.1) is 13.2 Å². The lowest BCUT2D eigenvalue weighted by molar-refractivity contribution is 0.1000. The standard InChI is InChI=1S/C12H17NO3/c1-4-8(2)16-10-6-5-9(12(13)14)7-11(10)15-3/h5-8H,4H2,1-3H3,(H2,13,14). The molecule has 0 bridgehead atoms. The van der Waals surface area contributed by atoms with Crippen LogP contribution in [0.5, 0.6) is 11.5 Å². The summed E-state index contributed by atoms with van der Waals surface area (Å²) in [6.07, 6.45) is 1.01. The van der Waals surface area contributed by atoms with Crippen molar-refractivity contribution >= 4 is 5.91 Å². The minimum atomic E-state index is -0.478. The fourth-order valence-electron chi connectivity index (χ4n) is 1.22. The number of nitrogens with two attached hydrogens (primary N) is 1. The summed E-state index contributed by atoms with van der Waals surface area (Å²) in [5, 5.41) is 0. The summed E-state index contributed by atoms with van der Waals surface area (Å²) in [4.78, 5) is 11.0. The molecule has 2 N–H and O–H groups in total. The average Bonchev–Trinajstić information content (AvgIpc) is 2.29. The van der Waals surface area contributed by atoms with Gasteiger partial charge in [-0.3, -0.25) is 4.79 Å². The van der Waals surface area contributed by atoms with Crippen molar-refractivity contribution in [2.75, 3.05) is 7.11 Å². The monoisotopic (exact) mass is 223 g/mol. The normalized spacial score (nSPS) is 11.9. The molecule has 0 saturated heterocycles. The highest BCUT2D eigenvalue weighted by Crippen LogP contribution is 2.29. The first-order valence-electron chi connectivity index (χ1n) is 5.23. The van der Waals surface area contributed by atoms with Gasteiger partial charge in [0.2, 0.25) is 5.91 Å². The predicted octanol–water partition coefficient (Wildman–Crippen LogP) is 1.97. The van der Waals surface area contributed by atoms with E-state index in [1.165, 1.54) is 7.11 Å². The van der Waals surface area contributed by atoms with Gasteiger partial charge in [-0.05, 0) is 31.5 Å². The number of rotatable bonds is 5. The van der Waals surface area contributed by atoms with Crippen LogP contribution in [-0.2, 0) is 0 Å². The summed E-state index contributed by atoms with van der Waals surface area (Å²) < 4.78 is 10.8. The Morgan fingerprint density at radius 2 is 2.12 bits per heavy atom. The number of ether oxygens (including phenoxy) is 2. The van der Waals surface area contributed by atoms with Gasteiger partial charge in [-0.15, -0.1) is 0 Å². The van der Waals surface area contributed by atoms with E-state index < -0.39 is 5.91 Å². The second-order valence-electron chi connectivity index (χ2n) is 3.57. The van der Waals surface area contributed by atoms with E-state index in [0.717, 1.165) is 6.42 Å². The first-order valence-corrected chi connectivity index (χ1v) is 5.23. The van der Waals surface area contributed by atoms with Crippen LogP contribution >= 0.6 is 0 Å². The predicted molar refractivity (Wildman–Crippen MR) is 61.9 cm³/mol. The van der Waals surface area contributed by atoms with Gasteiger partial charge < -0.3 is 15.2 Å². The van der Waals surface area contributed by atoms with E-state index in [-0.39, 0.29) is 6.10 Å². The van der Waals surface area contributed by atoms with Gasteiger partial charge >= 0.3 is 0 Å². The van der Waals surface area contributed by atoms with E-state index in [1.807, 2.05) is 13.8 Å². The third kappa shape index (κ3) is 2.89. The van der Waals surface area contributed by atoms with Crippen molar-refractivity contribution < 1.29 is 14.3 Å². The summed E-state index contributed by atoms with van der Waals surface area (Å²) in [7, 11) is 1.53. The number of hydrogen-bond acceptors (Lipinski definition) is 3. The van der Waals surface area contributed by atoms with E-state index in [2.05, 4.69) is 0 Å². The minimum absolute atomic E-state index is 0.105. The fourth-order valence-corrected chi connectivity index (χ4v) is 1.22. The van der Waals surface area contributed by atoms with Gasteiger partial charge in [0.15, 0.2) is 11.5 Å². The lowest BCUT2D eigenvalue weighted by atomic mass is 10.2. The highest BCUT2D eigenvalue weighted by Gasteiger charge is 2.10. The Balaban J connectivity index is 2.97. The molecule has 0 heterocycles. The first-order chi connectivity index (χ1) is 7.58. The SMILES string of the molecule is CCC(C)Oc1ccc(C(N)=O)cc1OC. The lowest BCUT2D eigenvalue weighted by Gasteiger charge is -2.15. The molecule has 0 aromatic heterocycles. The quantitative estimate of drug-likeness (QED) is 0.830. The van der Waals surface area contributed by atoms with Crippen molar-refractivity contribution in [2.45, 2.75) is 26.4 Å². The van der Waals surface area contributed by atoms with Gasteiger partial charge in [0.1, 0.15) is 0 Å². The smallest absolute Gasteiger partial charge is 0.248 e. The first kappa shape index (κ1) is 12.4. The van der Waals surface area contributed by atoms with Crippen LogP contribution in [0.4, 0.5) is 0 Å². The zero-order valence-electron chi connectivity index (χ0n) is 9.82. The van der Waals surface area contributed by atoms with Crippen LogP contribution in [0, 0.1) is 0 Å². The summed E-state index contributed by atoms with van der Waals surface area (Å²) in [6.45, 7) is 4.01. The van der Waals surface area contributed by atoms with Crippen LogP contribution < -0.4 is 15.2 Å². The molecule has 0 radical (unpaired) electrons. The number of amides is 1. The molecule has 4 heteroatoms. The number of primary amides is 1. The Morgan fingerprint density at radius 3 is 2.62 bits per heavy atom. The zero-order chi connectivity index (χ0) is 12.1. The van der Waals surface area contributed by atoms with Crippen molar-refractivity contribution in [3.8, 4) is 11.5 Å². The van der Waals surface area contributed by atoms with Crippen molar-refractivity contribution in [1.29, 1.82) is 0 Å². The minimum Gasteiger partial charge on any atom is -0.493 e. The molecular formula is C12H17NO3. The maximum Gasteiger partial charge on any atom is 0.248 e. The topological polar surface area (TPSA) is 61.5 Å². The summed E-state index contributed by atoms with van der Waals surface area (Å²) in [5.41, 5.74) is 5.59. The molecule has 0 aliphatic heterocycles. The molecule has 1 rings (SSSR count). The van der Waals surface area contributed by atoms with Crippen molar-refractivity contribution in [1.82, 2.24) is 0 Å². The van der Waals surface area contributed by atoms with Crippen molar-refractivity contribution in [3.63, 3.8) is 0 Å². The van der Waals surface area contributed by atoms with E-state index in [0.29, 0.717) is 17.1 Å². The average molecular weight is 223 g/mol. The second-order valence-corrected chi connectivity index (χ2v) is 3.57. The Bertz CT molecular complexity index is 377. The molecule has 1 amide bonds. The number of hydrogen-bond donors (Lipinski definition) is 1. The molecule has 1 unspecified atom stereocenters. The lowest BCUT2D eigenvalue weighted by Crippen LogP contribution is -2.13. The number of benzene rings is 1. The third-order valence-electron chi connectivity index (χ3n) is 2.35. The van der Waals surface area contributed by atoms with Gasteiger partial charge in [-0.25, -0.2) is 0 Å². The van der Waals surface area contributed by atoms with Crippen molar-refractivity contribution in [2.24, 2.45) is 5.73 Å². The summed E-state index contributed by atoms with van der Waals surface area (Å²) in [5.74, 6) is 0.673. The molecule has 1 aromatic rings. The van der Waals surface area contributed by atoms with E-state index in [9.17, 15) is 4.79 Å². The summed E-state index contributed by atoms with van der Waals surface area (Å²) >= 11 is 0. The molecule has 0 aliphatic carbocycles. The van der Waals surface area contributed by atoms with Gasteiger partial charge in [-0.2, -0.15) is 0 Å².